The van der Waals surface area contributed by atoms with Crippen LogP contribution in [0.15, 0.2) is 30.5 Å². The maximum absolute atomic E-state index is 14.9. The third kappa shape index (κ3) is 4.06. The molecule has 2 aromatic heterocycles. The number of aromatic nitrogens is 2. The summed E-state index contributed by atoms with van der Waals surface area (Å²) in [6, 6.07) is 5.68. The Kier molecular flexibility index (Phi) is 5.55. The van der Waals surface area contributed by atoms with Crippen LogP contribution in [0, 0.1) is 18.6 Å². The quantitative estimate of drug-likeness (QED) is 0.607. The van der Waals surface area contributed by atoms with Crippen molar-refractivity contribution in [3.05, 3.63) is 53.4 Å². The number of imidazole rings is 1. The molecule has 1 atom stereocenters. The Morgan fingerprint density at radius 1 is 1.35 bits per heavy atom. The van der Waals surface area contributed by atoms with Crippen molar-refractivity contribution in [2.45, 2.75) is 19.4 Å². The highest BCUT2D eigenvalue weighted by atomic mass is 19.1. The predicted octanol–water partition coefficient (Wildman–Crippen LogP) is 3.08. The minimum atomic E-state index is -1.04. The normalized spacial score (nSPS) is 16.5. The molecule has 0 spiro atoms. The molecule has 10 heteroatoms. The van der Waals surface area contributed by atoms with E-state index in [4.69, 9.17) is 4.74 Å². The summed E-state index contributed by atoms with van der Waals surface area (Å²) in [5.41, 5.74) is 1.70. The number of fused-ring (bicyclic) bond motifs is 1. The first-order valence-electron chi connectivity index (χ1n) is 9.64. The molecule has 4 rings (SSSR count). The number of anilines is 1. The molecular formula is C21H20F2N4O4. The fourth-order valence-corrected chi connectivity index (χ4v) is 3.78. The number of nitrogens with zero attached hydrogens (tertiary/aromatic N) is 3. The Hall–Kier alpha value is -3.53. The van der Waals surface area contributed by atoms with E-state index in [1.165, 1.54) is 4.90 Å². The molecule has 2 N–H and O–H groups in total. The second-order valence-corrected chi connectivity index (χ2v) is 7.34. The largest absolute Gasteiger partial charge is 0.465 e. The van der Waals surface area contributed by atoms with Crippen LogP contribution in [0.2, 0.25) is 0 Å². The molecule has 2 amide bonds. The van der Waals surface area contributed by atoms with E-state index in [1.54, 1.807) is 16.7 Å². The summed E-state index contributed by atoms with van der Waals surface area (Å²) in [4.78, 5) is 27.7. The minimum Gasteiger partial charge on any atom is -0.465 e. The number of hydrogen-bond acceptors (Lipinski definition) is 4. The molecule has 1 fully saturated rings. The molecule has 0 unspecified atom stereocenters. The van der Waals surface area contributed by atoms with Crippen LogP contribution in [0.4, 0.5) is 19.3 Å². The highest BCUT2D eigenvalue weighted by Crippen LogP contribution is 2.33. The highest BCUT2D eigenvalue weighted by Gasteiger charge is 2.28. The van der Waals surface area contributed by atoms with Gasteiger partial charge in [0.05, 0.1) is 36.2 Å². The number of ether oxygens (including phenoxy) is 1. The monoisotopic (exact) mass is 430 g/mol. The lowest BCUT2D eigenvalue weighted by Crippen LogP contribution is -2.45. The van der Waals surface area contributed by atoms with Gasteiger partial charge < -0.3 is 24.5 Å². The summed E-state index contributed by atoms with van der Waals surface area (Å²) < 4.78 is 37.2. The van der Waals surface area contributed by atoms with Crippen LogP contribution in [0.5, 0.6) is 0 Å². The van der Waals surface area contributed by atoms with Crippen LogP contribution in [0.3, 0.4) is 0 Å². The van der Waals surface area contributed by atoms with Gasteiger partial charge in [-0.3, -0.25) is 4.79 Å². The van der Waals surface area contributed by atoms with Gasteiger partial charge in [-0.2, -0.15) is 0 Å². The number of morpholine rings is 1. The molecule has 0 radical (unpaired) electrons. The van der Waals surface area contributed by atoms with Gasteiger partial charge in [0, 0.05) is 24.8 Å². The number of benzene rings is 1. The van der Waals surface area contributed by atoms with Crippen LogP contribution in [0.1, 0.15) is 11.3 Å². The summed E-state index contributed by atoms with van der Waals surface area (Å²) >= 11 is 0. The molecule has 162 valence electrons. The number of carboxylic acid groups (broad SMARTS) is 1. The van der Waals surface area contributed by atoms with Gasteiger partial charge in [0.1, 0.15) is 17.3 Å². The average molecular weight is 430 g/mol. The van der Waals surface area contributed by atoms with Gasteiger partial charge in [-0.1, -0.05) is 0 Å². The molecular weight excluding hydrogens is 410 g/mol. The van der Waals surface area contributed by atoms with E-state index in [9.17, 15) is 23.5 Å². The second-order valence-electron chi connectivity index (χ2n) is 7.34. The summed E-state index contributed by atoms with van der Waals surface area (Å²) in [7, 11) is 0. The summed E-state index contributed by atoms with van der Waals surface area (Å²) in [5.74, 6) is -1.75. The van der Waals surface area contributed by atoms with E-state index in [2.05, 4.69) is 10.3 Å². The fraction of sp³-hybridized carbons (Fsp3) is 0.286. The van der Waals surface area contributed by atoms with Crippen LogP contribution < -0.4 is 5.32 Å². The average Bonchev–Trinajstić information content (AvgIpc) is 3.05. The Bertz CT molecular complexity index is 1140. The van der Waals surface area contributed by atoms with Crippen LogP contribution in [-0.4, -0.2) is 57.7 Å². The molecule has 1 aromatic carbocycles. The number of amides is 2. The number of rotatable bonds is 5. The lowest BCUT2D eigenvalue weighted by molar-refractivity contribution is -0.105. The minimum absolute atomic E-state index is 0.0115. The molecule has 0 bridgehead atoms. The Morgan fingerprint density at radius 3 is 2.77 bits per heavy atom. The fourth-order valence-electron chi connectivity index (χ4n) is 3.78. The smallest absolute Gasteiger partial charge is 0.407 e. The van der Waals surface area contributed by atoms with Gasteiger partial charge in [0.15, 0.2) is 0 Å². The second kappa shape index (κ2) is 8.31. The van der Waals surface area contributed by atoms with Crippen molar-refractivity contribution in [2.24, 2.45) is 0 Å². The standard InChI is InChI=1S/C21H20F2N4O4/c1-12-2-3-27-17(9-14-10-26(21(29)30)4-5-31-14)20(25-18(27)6-12)19-15(22)7-13(24-11-28)8-16(19)23/h2-3,6-8,11,14H,4-5,9-10H2,1H3,(H,24,28)(H,29,30)/t14-/m0/s1. The first-order valence-corrected chi connectivity index (χ1v) is 9.64. The van der Waals surface area contributed by atoms with Crippen molar-refractivity contribution in [2.75, 3.05) is 25.0 Å². The van der Waals surface area contributed by atoms with Crippen molar-refractivity contribution in [3.8, 4) is 11.3 Å². The van der Waals surface area contributed by atoms with Crippen molar-refractivity contribution < 1.29 is 28.2 Å². The first kappa shape index (κ1) is 20.7. The van der Waals surface area contributed by atoms with Crippen LogP contribution in [0.25, 0.3) is 16.9 Å². The van der Waals surface area contributed by atoms with Gasteiger partial charge in [0.25, 0.3) is 0 Å². The number of halogens is 2. The predicted molar refractivity (Wildman–Crippen MR) is 108 cm³/mol. The molecule has 3 heterocycles. The van der Waals surface area contributed by atoms with Gasteiger partial charge in [-0.25, -0.2) is 18.6 Å². The van der Waals surface area contributed by atoms with Gasteiger partial charge >= 0.3 is 6.09 Å². The Morgan fingerprint density at radius 2 is 2.10 bits per heavy atom. The number of nitrogens with one attached hydrogen (secondary N) is 1. The third-order valence-corrected chi connectivity index (χ3v) is 5.22. The SMILES string of the molecule is Cc1ccn2c(C[C@H]3CN(C(=O)O)CCO3)c(-c3c(F)cc(NC=O)cc3F)nc2c1. The first-order chi connectivity index (χ1) is 14.9. The van der Waals surface area contributed by atoms with E-state index < -0.39 is 23.8 Å². The van der Waals surface area contributed by atoms with E-state index in [-0.39, 0.29) is 43.1 Å². The molecule has 8 nitrogen and oxygen atoms in total. The Balaban J connectivity index is 1.81. The van der Waals surface area contributed by atoms with Gasteiger partial charge in [-0.15, -0.1) is 0 Å². The summed E-state index contributed by atoms with van der Waals surface area (Å²) in [5, 5.41) is 11.5. The van der Waals surface area contributed by atoms with Crippen molar-refractivity contribution in [3.63, 3.8) is 0 Å². The zero-order valence-electron chi connectivity index (χ0n) is 16.6. The third-order valence-electron chi connectivity index (χ3n) is 5.22. The molecule has 1 aliphatic heterocycles. The molecule has 1 saturated heterocycles. The van der Waals surface area contributed by atoms with Gasteiger partial charge in [-0.05, 0) is 36.8 Å². The molecule has 1 aliphatic rings. The zero-order chi connectivity index (χ0) is 22.1. The molecule has 0 saturated carbocycles. The van der Waals surface area contributed by atoms with E-state index in [1.807, 2.05) is 13.0 Å². The van der Waals surface area contributed by atoms with E-state index >= 15 is 0 Å². The number of pyridine rings is 1. The van der Waals surface area contributed by atoms with Crippen molar-refractivity contribution >= 4 is 23.8 Å². The summed E-state index contributed by atoms with van der Waals surface area (Å²) in [6.07, 6.45) is 0.759. The molecule has 0 aliphatic carbocycles. The number of hydrogen-bond donors (Lipinski definition) is 2. The van der Waals surface area contributed by atoms with E-state index in [0.717, 1.165) is 17.7 Å². The van der Waals surface area contributed by atoms with Crippen LogP contribution >= 0.6 is 0 Å². The van der Waals surface area contributed by atoms with Gasteiger partial charge in [0.2, 0.25) is 6.41 Å². The van der Waals surface area contributed by atoms with E-state index in [0.29, 0.717) is 17.8 Å². The molecule has 31 heavy (non-hydrogen) atoms. The zero-order valence-corrected chi connectivity index (χ0v) is 16.6. The van der Waals surface area contributed by atoms with Crippen molar-refractivity contribution in [1.29, 1.82) is 0 Å². The van der Waals surface area contributed by atoms with Crippen molar-refractivity contribution in [1.82, 2.24) is 14.3 Å². The lowest BCUT2D eigenvalue weighted by atomic mass is 10.0. The lowest BCUT2D eigenvalue weighted by Gasteiger charge is -2.31. The topological polar surface area (TPSA) is 96.2 Å². The van der Waals surface area contributed by atoms with Crippen LogP contribution in [-0.2, 0) is 16.0 Å². The number of carbonyl (C=O) groups is 2. The Labute approximate surface area is 176 Å². The molecule has 3 aromatic rings. The maximum Gasteiger partial charge on any atom is 0.407 e. The summed E-state index contributed by atoms with van der Waals surface area (Å²) in [6.45, 7) is 2.52. The number of carbonyl (C=O) groups excluding carboxylic acids is 1. The number of aryl methyl sites for hydroxylation is 1. The maximum atomic E-state index is 14.9. The highest BCUT2D eigenvalue weighted by molar-refractivity contribution is 5.75.